The predicted octanol–water partition coefficient (Wildman–Crippen LogP) is 3.41. The molecule has 2 heterocycles. The van der Waals surface area contributed by atoms with E-state index in [4.69, 9.17) is 22.1 Å². The van der Waals surface area contributed by atoms with Crippen LogP contribution in [0.2, 0.25) is 5.02 Å². The summed E-state index contributed by atoms with van der Waals surface area (Å²) in [5.41, 5.74) is 7.93. The van der Waals surface area contributed by atoms with Crippen molar-refractivity contribution in [2.24, 2.45) is 12.8 Å². The van der Waals surface area contributed by atoms with Crippen LogP contribution in [0.25, 0.3) is 10.9 Å². The van der Waals surface area contributed by atoms with E-state index in [1.54, 1.807) is 35.9 Å². The molecule has 5 nitrogen and oxygen atoms in total. The number of nitrogens with zero attached hydrogens (tertiary/aromatic N) is 2. The van der Waals surface area contributed by atoms with Crippen molar-refractivity contribution in [2.45, 2.75) is 5.92 Å². The van der Waals surface area contributed by atoms with Gasteiger partial charge in [0, 0.05) is 17.5 Å². The average molecular weight is 364 g/mol. The Balaban J connectivity index is 2.12. The molecule has 1 atom stereocenters. The molecule has 6 heteroatoms. The van der Waals surface area contributed by atoms with E-state index in [0.29, 0.717) is 16.3 Å². The van der Waals surface area contributed by atoms with Gasteiger partial charge >= 0.3 is 0 Å². The monoisotopic (exact) mass is 363 g/mol. The molecule has 3 aromatic rings. The van der Waals surface area contributed by atoms with Crippen LogP contribution in [0.5, 0.6) is 5.75 Å². The molecule has 0 fully saturated rings. The minimum atomic E-state index is -0.607. The second-order valence-electron chi connectivity index (χ2n) is 6.10. The van der Waals surface area contributed by atoms with Crippen molar-refractivity contribution in [1.82, 2.24) is 4.57 Å². The van der Waals surface area contributed by atoms with Crippen molar-refractivity contribution in [3.8, 4) is 11.8 Å². The zero-order valence-corrected chi connectivity index (χ0v) is 14.6. The summed E-state index contributed by atoms with van der Waals surface area (Å²) in [7, 11) is 1.71. The summed E-state index contributed by atoms with van der Waals surface area (Å²) in [6.07, 6.45) is 0. The number of pyridine rings is 1. The quantitative estimate of drug-likeness (QED) is 0.718. The Hall–Kier alpha value is -3.23. The van der Waals surface area contributed by atoms with E-state index in [0.717, 1.165) is 16.5 Å². The standard InChI is InChI=1S/C20H14ClN3O2/c1-24-15-5-3-2-4-13(15)18-17(20(24)25)16(14(10-22)19(23)26-18)11-6-8-12(21)9-7-11/h2-9,16H,23H2,1H3/t16-/m1/s1. The third-order valence-corrected chi connectivity index (χ3v) is 4.92. The number of ether oxygens (including phenoxy) is 1. The number of allylic oxidation sites excluding steroid dienone is 1. The third-order valence-electron chi connectivity index (χ3n) is 4.67. The maximum Gasteiger partial charge on any atom is 0.258 e. The van der Waals surface area contributed by atoms with Gasteiger partial charge in [-0.15, -0.1) is 0 Å². The van der Waals surface area contributed by atoms with Gasteiger partial charge in [0.15, 0.2) is 0 Å². The molecule has 0 bridgehead atoms. The first-order valence-electron chi connectivity index (χ1n) is 7.97. The third kappa shape index (κ3) is 2.27. The number of hydrogen-bond donors (Lipinski definition) is 1. The molecule has 0 saturated carbocycles. The maximum absolute atomic E-state index is 13.1. The van der Waals surface area contributed by atoms with Crippen LogP contribution in [0, 0.1) is 11.3 Å². The van der Waals surface area contributed by atoms with Crippen molar-refractivity contribution in [1.29, 1.82) is 5.26 Å². The zero-order chi connectivity index (χ0) is 18.4. The first kappa shape index (κ1) is 16.2. The minimum Gasteiger partial charge on any atom is -0.439 e. The summed E-state index contributed by atoms with van der Waals surface area (Å²) in [6, 6.07) is 16.6. The van der Waals surface area contributed by atoms with Crippen LogP contribution in [-0.2, 0) is 7.05 Å². The van der Waals surface area contributed by atoms with Crippen LogP contribution in [0.15, 0.2) is 64.8 Å². The van der Waals surface area contributed by atoms with E-state index < -0.39 is 5.92 Å². The Morgan fingerprint density at radius 2 is 1.88 bits per heavy atom. The molecular weight excluding hydrogens is 350 g/mol. The normalized spacial score (nSPS) is 16.1. The lowest BCUT2D eigenvalue weighted by Gasteiger charge is -2.27. The van der Waals surface area contributed by atoms with Crippen molar-refractivity contribution >= 4 is 22.5 Å². The average Bonchev–Trinajstić information content (AvgIpc) is 2.66. The molecule has 0 unspecified atom stereocenters. The van der Waals surface area contributed by atoms with E-state index in [-0.39, 0.29) is 17.0 Å². The van der Waals surface area contributed by atoms with Crippen LogP contribution in [0.4, 0.5) is 0 Å². The van der Waals surface area contributed by atoms with Gasteiger partial charge in [-0.3, -0.25) is 4.79 Å². The van der Waals surface area contributed by atoms with Gasteiger partial charge in [0.1, 0.15) is 17.4 Å². The predicted molar refractivity (Wildman–Crippen MR) is 99.9 cm³/mol. The molecule has 1 aliphatic rings. The molecule has 4 rings (SSSR count). The zero-order valence-electron chi connectivity index (χ0n) is 13.9. The molecule has 0 spiro atoms. The summed E-state index contributed by atoms with van der Waals surface area (Å²) in [6.45, 7) is 0. The fourth-order valence-corrected chi connectivity index (χ4v) is 3.54. The minimum absolute atomic E-state index is 0.0124. The number of nitrogens with two attached hydrogens (primary N) is 1. The van der Waals surface area contributed by atoms with Crippen LogP contribution in [-0.4, -0.2) is 4.57 Å². The highest BCUT2D eigenvalue weighted by atomic mass is 35.5. The maximum atomic E-state index is 13.1. The summed E-state index contributed by atoms with van der Waals surface area (Å²) in [5.74, 6) is -0.192. The van der Waals surface area contributed by atoms with Crippen LogP contribution in [0.3, 0.4) is 0 Å². The number of fused-ring (bicyclic) bond motifs is 3. The topological polar surface area (TPSA) is 81.0 Å². The van der Waals surface area contributed by atoms with Gasteiger partial charge in [-0.25, -0.2) is 0 Å². The molecule has 2 N–H and O–H groups in total. The number of aromatic nitrogens is 1. The molecule has 0 aliphatic carbocycles. The molecule has 0 amide bonds. The van der Waals surface area contributed by atoms with Gasteiger partial charge < -0.3 is 15.0 Å². The highest BCUT2D eigenvalue weighted by Crippen LogP contribution is 2.43. The summed E-state index contributed by atoms with van der Waals surface area (Å²) in [4.78, 5) is 13.1. The van der Waals surface area contributed by atoms with Gasteiger partial charge in [-0.05, 0) is 29.8 Å². The number of halogens is 1. The van der Waals surface area contributed by atoms with Gasteiger partial charge in [-0.2, -0.15) is 5.26 Å². The molecule has 0 radical (unpaired) electrons. The fourth-order valence-electron chi connectivity index (χ4n) is 3.41. The second-order valence-corrected chi connectivity index (χ2v) is 6.54. The summed E-state index contributed by atoms with van der Waals surface area (Å²) in [5, 5.41) is 11.0. The Kier molecular flexibility index (Phi) is 3.71. The molecule has 128 valence electrons. The van der Waals surface area contributed by atoms with Crippen LogP contribution in [0.1, 0.15) is 17.0 Å². The Bertz CT molecular complexity index is 1170. The Labute approximate surface area is 154 Å². The van der Waals surface area contributed by atoms with Crippen LogP contribution >= 0.6 is 11.6 Å². The first-order chi connectivity index (χ1) is 12.5. The molecule has 26 heavy (non-hydrogen) atoms. The second kappa shape index (κ2) is 5.94. The van der Waals surface area contributed by atoms with Crippen LogP contribution < -0.4 is 16.0 Å². The molecule has 0 saturated heterocycles. The van der Waals surface area contributed by atoms with Gasteiger partial charge in [-0.1, -0.05) is 35.9 Å². The number of para-hydroxylation sites is 1. The molecular formula is C20H14ClN3O2. The number of benzene rings is 2. The Morgan fingerprint density at radius 1 is 1.19 bits per heavy atom. The highest BCUT2D eigenvalue weighted by molar-refractivity contribution is 6.30. The van der Waals surface area contributed by atoms with Crippen molar-refractivity contribution < 1.29 is 4.74 Å². The highest BCUT2D eigenvalue weighted by Gasteiger charge is 2.35. The van der Waals surface area contributed by atoms with Gasteiger partial charge in [0.25, 0.3) is 5.56 Å². The summed E-state index contributed by atoms with van der Waals surface area (Å²) >= 11 is 5.99. The Morgan fingerprint density at radius 3 is 2.58 bits per heavy atom. The van der Waals surface area contributed by atoms with Gasteiger partial charge in [0.2, 0.25) is 5.88 Å². The lowest BCUT2D eigenvalue weighted by Crippen LogP contribution is -2.31. The molecule has 1 aliphatic heterocycles. The number of hydrogen-bond acceptors (Lipinski definition) is 4. The number of rotatable bonds is 1. The lowest BCUT2D eigenvalue weighted by molar-refractivity contribution is 0.396. The van der Waals surface area contributed by atoms with Crippen molar-refractivity contribution in [3.63, 3.8) is 0 Å². The largest absolute Gasteiger partial charge is 0.439 e. The van der Waals surface area contributed by atoms with Gasteiger partial charge in [0.05, 0.1) is 17.0 Å². The SMILES string of the molecule is Cn1c(=O)c2c(c3ccccc31)OC(N)=C(C#N)[C@H]2c1ccc(Cl)cc1. The number of nitriles is 1. The molecule has 1 aromatic heterocycles. The van der Waals surface area contributed by atoms with E-state index >= 15 is 0 Å². The number of aryl methyl sites for hydroxylation is 1. The van der Waals surface area contributed by atoms with E-state index in [1.165, 1.54) is 0 Å². The van der Waals surface area contributed by atoms with Crippen molar-refractivity contribution in [3.05, 3.63) is 86.5 Å². The van der Waals surface area contributed by atoms with E-state index in [1.807, 2.05) is 24.3 Å². The van der Waals surface area contributed by atoms with Crippen molar-refractivity contribution in [2.75, 3.05) is 0 Å². The first-order valence-corrected chi connectivity index (χ1v) is 8.35. The van der Waals surface area contributed by atoms with E-state index in [2.05, 4.69) is 6.07 Å². The fraction of sp³-hybridized carbons (Fsp3) is 0.100. The summed E-state index contributed by atoms with van der Waals surface area (Å²) < 4.78 is 7.32. The molecule has 2 aromatic carbocycles. The lowest BCUT2D eigenvalue weighted by atomic mass is 9.83. The smallest absolute Gasteiger partial charge is 0.258 e. The van der Waals surface area contributed by atoms with E-state index in [9.17, 15) is 10.1 Å².